The van der Waals surface area contributed by atoms with Gasteiger partial charge < -0.3 is 9.80 Å². The van der Waals surface area contributed by atoms with Gasteiger partial charge in [-0.3, -0.25) is 0 Å². The van der Waals surface area contributed by atoms with Crippen molar-refractivity contribution < 1.29 is 13.7 Å². The lowest BCUT2D eigenvalue weighted by Crippen LogP contribution is -2.28. The van der Waals surface area contributed by atoms with Crippen LogP contribution in [-0.4, -0.2) is 0 Å². The maximum absolute atomic E-state index is 9.67. The highest BCUT2D eigenvalue weighted by Crippen LogP contribution is 2.60. The smallest absolute Gasteiger partial charge is 0.0714 e. The molecule has 2 atom stereocenters. The van der Waals surface area contributed by atoms with Crippen LogP contribution in [0.3, 0.4) is 0 Å². The number of hydrogen-bond acceptors (Lipinski definition) is 2. The second-order valence-electron chi connectivity index (χ2n) is 24.0. The summed E-state index contributed by atoms with van der Waals surface area (Å²) < 4.78 is 92.4. The Morgan fingerprint density at radius 1 is 0.277 bits per heavy atom. The molecule has 0 amide bonds. The van der Waals surface area contributed by atoms with Gasteiger partial charge in [0.25, 0.3) is 0 Å². The van der Waals surface area contributed by atoms with Crippen LogP contribution < -0.4 is 9.80 Å². The Kier molecular flexibility index (Phi) is 11.3. The van der Waals surface area contributed by atoms with Gasteiger partial charge in [-0.1, -0.05) is 316 Å². The Labute approximate surface area is 564 Å². The summed E-state index contributed by atoms with van der Waals surface area (Å²) in [4.78, 5) is 4.50. The van der Waals surface area contributed by atoms with Gasteiger partial charge in [-0.05, 0) is 172 Å². The first-order chi connectivity index (χ1) is 50.6. The summed E-state index contributed by atoms with van der Waals surface area (Å²) in [5, 5.41) is 4.18. The lowest BCUT2D eigenvalue weighted by Gasteiger charge is -2.35. The molecule has 2 heteroatoms. The van der Waals surface area contributed by atoms with Crippen molar-refractivity contribution in [2.75, 3.05) is 9.80 Å². The molecule has 0 aliphatic heterocycles. The van der Waals surface area contributed by atoms with Crippen LogP contribution in [0, 0.1) is 0 Å². The lowest BCUT2D eigenvalue weighted by molar-refractivity contribution is 0.768. The molecule has 0 heterocycles. The second-order valence-corrected chi connectivity index (χ2v) is 24.0. The molecule has 2 aliphatic carbocycles. The summed E-state index contributed by atoms with van der Waals surface area (Å²) in [6.07, 6.45) is 3.55. The number of fused-ring (bicyclic) bond motifs is 8. The third-order valence-electron chi connectivity index (χ3n) is 19.3. The number of nitrogens with zero attached hydrogens (tertiary/aromatic N) is 2. The number of rotatable bonds is 14. The minimum Gasteiger partial charge on any atom is -0.310 e. The standard InChI is InChI=1S/C92H64N2/c1-3-63-37-49-73(50-38-63)91(71-25-7-5-8-26-71)85-33-17-15-31-81(85)83-59-57-77(61-87(83)91)93(89-35-19-23-69-21-11-13-29-79(69)89)75-53-45-67(46-54-75)65-41-43-66(44-42-65)68-47-55-76(56-48-68)94(90-36-20-24-70-22-12-14-30-80(70)90)78-58-60-84-82-32-16-18-34-86(82)92(88(84)62-78,72-27-9-6-10-28-72)74-51-39-64(4-2)40-52-74/h3-62H,1-2H2/i5D,6D,7D,8D,9D,10D,25D,26D,27D,28D. The number of hydrogen-bond donors (Lipinski definition) is 0. The molecule has 0 N–H and O–H groups in total. The highest BCUT2D eigenvalue weighted by Gasteiger charge is 2.48. The molecule has 442 valence electrons. The molecule has 2 unspecified atom stereocenters. The normalized spacial score (nSPS) is 16.5. The van der Waals surface area contributed by atoms with Crippen LogP contribution in [0.1, 0.15) is 69.3 Å². The van der Waals surface area contributed by atoms with Crippen molar-refractivity contribution in [3.8, 4) is 44.5 Å². The molecular formula is C92H64N2. The maximum atomic E-state index is 9.67. The Hall–Kier alpha value is -12.1. The fourth-order valence-corrected chi connectivity index (χ4v) is 15.0. The van der Waals surface area contributed by atoms with E-state index in [0.29, 0.717) is 0 Å². The van der Waals surface area contributed by atoms with Gasteiger partial charge in [0.15, 0.2) is 0 Å². The highest BCUT2D eigenvalue weighted by molar-refractivity contribution is 6.02. The molecule has 0 fully saturated rings. The van der Waals surface area contributed by atoms with Gasteiger partial charge in [-0.2, -0.15) is 0 Å². The van der Waals surface area contributed by atoms with E-state index in [1.165, 1.54) is 0 Å². The first kappa shape index (κ1) is 46.0. The van der Waals surface area contributed by atoms with Gasteiger partial charge in [0.1, 0.15) is 0 Å². The van der Waals surface area contributed by atoms with Crippen LogP contribution in [-0.2, 0) is 10.8 Å². The molecule has 0 bridgehead atoms. The molecule has 17 rings (SSSR count). The van der Waals surface area contributed by atoms with E-state index in [1.54, 1.807) is 12.2 Å². The van der Waals surface area contributed by atoms with E-state index >= 15 is 0 Å². The van der Waals surface area contributed by atoms with E-state index in [-0.39, 0.29) is 35.3 Å². The monoisotopic (exact) mass is 1210 g/mol. The molecule has 0 saturated heterocycles. The molecule has 15 aromatic rings. The number of anilines is 6. The average Bonchev–Trinajstić information content (AvgIpc) is 1.49. The zero-order valence-corrected chi connectivity index (χ0v) is 51.2. The topological polar surface area (TPSA) is 6.48 Å². The summed E-state index contributed by atoms with van der Waals surface area (Å²) in [5.74, 6) is 0. The Bertz CT molecular complexity index is 5600. The molecule has 94 heavy (non-hydrogen) atoms. The molecule has 15 aromatic carbocycles. The van der Waals surface area contributed by atoms with Crippen molar-refractivity contribution in [3.05, 3.63) is 420 Å². The van der Waals surface area contributed by atoms with Gasteiger partial charge >= 0.3 is 0 Å². The Morgan fingerprint density at radius 2 is 0.606 bits per heavy atom. The minimum absolute atomic E-state index is 0.180. The van der Waals surface area contributed by atoms with Crippen molar-refractivity contribution in [2.45, 2.75) is 10.8 Å². The Balaban J connectivity index is 0.753. The SMILES string of the molecule is [2H]c1c([2H])c([2H])c(C2(c3ccc(C=C)cc3)c3ccccc3-c3ccc(N(c4ccc(-c5ccc(-c6ccc(N(c7ccc8c(c7)C(c7ccc(C=C)cc7)(c7c([2H])c([2H])c([2H])c([2H])c7[2H])c7ccccc7-8)c7cccc8ccccc78)cc6)cc5)cc4)c4cccc5ccccc45)cc32)c([2H])c1[2H]. The van der Waals surface area contributed by atoms with Gasteiger partial charge in [0, 0.05) is 33.5 Å². The average molecular weight is 1210 g/mol. The van der Waals surface area contributed by atoms with E-state index in [1.807, 2.05) is 109 Å². The van der Waals surface area contributed by atoms with Crippen LogP contribution >= 0.6 is 0 Å². The summed E-state index contributed by atoms with van der Waals surface area (Å²) in [6.45, 7) is 8.04. The van der Waals surface area contributed by atoms with E-state index in [0.717, 1.165) is 145 Å². The summed E-state index contributed by atoms with van der Waals surface area (Å²) >= 11 is 0. The minimum atomic E-state index is -1.34. The third-order valence-corrected chi connectivity index (χ3v) is 19.3. The zero-order valence-electron chi connectivity index (χ0n) is 61.2. The van der Waals surface area contributed by atoms with E-state index in [2.05, 4.69) is 205 Å². The van der Waals surface area contributed by atoms with Crippen LogP contribution in [0.4, 0.5) is 34.1 Å². The molecule has 0 spiro atoms. The van der Waals surface area contributed by atoms with Crippen LogP contribution in [0.25, 0.3) is 78.2 Å². The molecular weight excluding hydrogens is 1130 g/mol. The van der Waals surface area contributed by atoms with Crippen molar-refractivity contribution in [3.63, 3.8) is 0 Å². The van der Waals surface area contributed by atoms with Crippen molar-refractivity contribution in [1.82, 2.24) is 0 Å². The van der Waals surface area contributed by atoms with Crippen molar-refractivity contribution in [2.24, 2.45) is 0 Å². The molecule has 0 radical (unpaired) electrons. The third kappa shape index (κ3) is 8.94. The first-order valence-corrected chi connectivity index (χ1v) is 31.6. The Morgan fingerprint density at radius 3 is 1.00 bits per heavy atom. The molecule has 0 saturated carbocycles. The largest absolute Gasteiger partial charge is 0.310 e. The predicted octanol–water partition coefficient (Wildman–Crippen LogP) is 24.3. The van der Waals surface area contributed by atoms with E-state index in [4.69, 9.17) is 8.22 Å². The molecule has 2 aliphatic rings. The van der Waals surface area contributed by atoms with Crippen LogP contribution in [0.5, 0.6) is 0 Å². The van der Waals surface area contributed by atoms with Gasteiger partial charge in [-0.25, -0.2) is 0 Å². The van der Waals surface area contributed by atoms with Crippen molar-refractivity contribution >= 4 is 67.8 Å². The summed E-state index contributed by atoms with van der Waals surface area (Å²) in [7, 11) is 0. The van der Waals surface area contributed by atoms with E-state index < -0.39 is 47.1 Å². The van der Waals surface area contributed by atoms with Crippen molar-refractivity contribution in [1.29, 1.82) is 0 Å². The molecule has 2 nitrogen and oxygen atoms in total. The quantitative estimate of drug-likeness (QED) is 0.107. The summed E-state index contributed by atoms with van der Waals surface area (Å²) in [6, 6.07) is 96.1. The number of benzene rings is 15. The predicted molar refractivity (Wildman–Crippen MR) is 396 cm³/mol. The van der Waals surface area contributed by atoms with Gasteiger partial charge in [0.05, 0.1) is 35.9 Å². The maximum Gasteiger partial charge on any atom is 0.0714 e. The lowest BCUT2D eigenvalue weighted by atomic mass is 9.67. The second kappa shape index (κ2) is 23.0. The van der Waals surface area contributed by atoms with E-state index in [9.17, 15) is 5.48 Å². The highest BCUT2D eigenvalue weighted by atomic mass is 15.1. The van der Waals surface area contributed by atoms with Gasteiger partial charge in [0.2, 0.25) is 0 Å². The van der Waals surface area contributed by atoms with Crippen LogP contribution in [0.15, 0.2) is 365 Å². The van der Waals surface area contributed by atoms with Crippen LogP contribution in [0.2, 0.25) is 0 Å². The fraction of sp³-hybridized carbons (Fsp3) is 0.0217. The fourth-order valence-electron chi connectivity index (χ4n) is 15.0. The molecule has 0 aromatic heterocycles. The first-order valence-electron chi connectivity index (χ1n) is 36.6. The van der Waals surface area contributed by atoms with Gasteiger partial charge in [-0.15, -0.1) is 0 Å². The zero-order chi connectivity index (χ0) is 71.4. The summed E-state index contributed by atoms with van der Waals surface area (Å²) in [5.41, 5.74) is 17.1.